The number of para-hydroxylation sites is 1. The summed E-state index contributed by atoms with van der Waals surface area (Å²) in [6.07, 6.45) is 9.29. The van der Waals surface area contributed by atoms with Crippen LogP contribution in [0.5, 0.6) is 0 Å². The van der Waals surface area contributed by atoms with E-state index in [1.165, 1.54) is 32.1 Å². The van der Waals surface area contributed by atoms with Gasteiger partial charge in [-0.1, -0.05) is 70.1 Å². The number of nitrogens with one attached hydrogen (secondary N) is 1. The molecule has 0 bridgehead atoms. The van der Waals surface area contributed by atoms with E-state index in [9.17, 15) is 8.42 Å². The fraction of sp³-hybridized carbons (Fsp3) is 0.625. The van der Waals surface area contributed by atoms with Gasteiger partial charge in [0.15, 0.2) is 0 Å². The third kappa shape index (κ3) is 8.20. The van der Waals surface area contributed by atoms with Gasteiger partial charge in [-0.3, -0.25) is 4.72 Å². The summed E-state index contributed by atoms with van der Waals surface area (Å²) < 4.78 is 26.3. The second-order valence-electron chi connectivity index (χ2n) is 5.26. The third-order valence-corrected chi connectivity index (χ3v) is 4.69. The van der Waals surface area contributed by atoms with Crippen molar-refractivity contribution < 1.29 is 8.42 Å². The van der Waals surface area contributed by atoms with Gasteiger partial charge in [-0.2, -0.15) is 0 Å². The lowest BCUT2D eigenvalue weighted by atomic mass is 10.1. The summed E-state index contributed by atoms with van der Waals surface area (Å²) in [4.78, 5) is 0. The third-order valence-electron chi connectivity index (χ3n) is 3.31. The molecule has 0 spiro atoms. The molecule has 0 amide bonds. The topological polar surface area (TPSA) is 46.2 Å². The van der Waals surface area contributed by atoms with Crippen molar-refractivity contribution in [1.29, 1.82) is 0 Å². The smallest absolute Gasteiger partial charge is 0.232 e. The Hall–Kier alpha value is -1.03. The molecular formula is C16H27NO2S. The van der Waals surface area contributed by atoms with Crippen LogP contribution in [0.15, 0.2) is 30.3 Å². The van der Waals surface area contributed by atoms with E-state index in [0.717, 1.165) is 19.3 Å². The number of hydrogen-bond donors (Lipinski definition) is 1. The molecule has 0 fully saturated rings. The summed E-state index contributed by atoms with van der Waals surface area (Å²) in [5.41, 5.74) is 0.645. The Bertz CT molecular complexity index is 443. The summed E-state index contributed by atoms with van der Waals surface area (Å²) in [5, 5.41) is 0. The predicted molar refractivity (Wildman–Crippen MR) is 86.5 cm³/mol. The fourth-order valence-electron chi connectivity index (χ4n) is 2.16. The van der Waals surface area contributed by atoms with E-state index in [4.69, 9.17) is 0 Å². The first-order chi connectivity index (χ1) is 9.64. The highest BCUT2D eigenvalue weighted by atomic mass is 32.2. The van der Waals surface area contributed by atoms with Crippen LogP contribution in [0.1, 0.15) is 58.3 Å². The lowest BCUT2D eigenvalue weighted by Gasteiger charge is -2.07. The van der Waals surface area contributed by atoms with Gasteiger partial charge >= 0.3 is 0 Å². The van der Waals surface area contributed by atoms with E-state index in [1.807, 2.05) is 18.2 Å². The second kappa shape index (κ2) is 9.81. The molecule has 0 aliphatic rings. The van der Waals surface area contributed by atoms with Gasteiger partial charge < -0.3 is 0 Å². The summed E-state index contributed by atoms with van der Waals surface area (Å²) in [7, 11) is -3.19. The van der Waals surface area contributed by atoms with Crippen LogP contribution in [0.4, 0.5) is 5.69 Å². The number of rotatable bonds is 11. The van der Waals surface area contributed by atoms with Gasteiger partial charge in [0.1, 0.15) is 0 Å². The molecule has 0 aliphatic carbocycles. The predicted octanol–water partition coefficient (Wildman–Crippen LogP) is 4.57. The van der Waals surface area contributed by atoms with Gasteiger partial charge in [0.2, 0.25) is 10.0 Å². The van der Waals surface area contributed by atoms with Crippen LogP contribution in [-0.4, -0.2) is 14.2 Å². The minimum Gasteiger partial charge on any atom is -0.284 e. The van der Waals surface area contributed by atoms with E-state index >= 15 is 0 Å². The zero-order valence-electron chi connectivity index (χ0n) is 12.5. The van der Waals surface area contributed by atoms with Crippen LogP contribution in [0, 0.1) is 0 Å². The highest BCUT2D eigenvalue weighted by Gasteiger charge is 2.09. The molecule has 0 aromatic heterocycles. The number of unbranched alkanes of at least 4 members (excludes halogenated alkanes) is 7. The van der Waals surface area contributed by atoms with Gasteiger partial charge in [-0.25, -0.2) is 8.42 Å². The van der Waals surface area contributed by atoms with Gasteiger partial charge in [0.05, 0.1) is 5.75 Å². The van der Waals surface area contributed by atoms with Crippen LogP contribution in [0.2, 0.25) is 0 Å². The first kappa shape index (κ1) is 17.0. The molecule has 20 heavy (non-hydrogen) atoms. The summed E-state index contributed by atoms with van der Waals surface area (Å²) >= 11 is 0. The quantitative estimate of drug-likeness (QED) is 0.608. The van der Waals surface area contributed by atoms with E-state index in [1.54, 1.807) is 12.1 Å². The molecule has 1 aromatic rings. The second-order valence-corrected chi connectivity index (χ2v) is 7.10. The Kier molecular flexibility index (Phi) is 8.35. The minimum absolute atomic E-state index is 0.219. The van der Waals surface area contributed by atoms with Crippen molar-refractivity contribution in [2.75, 3.05) is 10.5 Å². The highest BCUT2D eigenvalue weighted by molar-refractivity contribution is 7.92. The largest absolute Gasteiger partial charge is 0.284 e. The number of sulfonamides is 1. The van der Waals surface area contributed by atoms with Gasteiger partial charge in [-0.15, -0.1) is 0 Å². The van der Waals surface area contributed by atoms with Crippen molar-refractivity contribution in [2.45, 2.75) is 58.3 Å². The maximum Gasteiger partial charge on any atom is 0.232 e. The average molecular weight is 297 g/mol. The summed E-state index contributed by atoms with van der Waals surface area (Å²) in [6, 6.07) is 9.06. The zero-order valence-corrected chi connectivity index (χ0v) is 13.3. The van der Waals surface area contributed by atoms with Gasteiger partial charge in [0.25, 0.3) is 0 Å². The standard InChI is InChI=1S/C16H27NO2S/c1-2-3-4-5-6-7-8-12-15-20(18,19)17-16-13-10-9-11-14-16/h9-11,13-14,17H,2-8,12,15H2,1H3. The van der Waals surface area contributed by atoms with Crippen LogP contribution in [-0.2, 0) is 10.0 Å². The van der Waals surface area contributed by atoms with E-state index in [2.05, 4.69) is 11.6 Å². The Morgan fingerprint density at radius 3 is 2.00 bits per heavy atom. The molecule has 0 saturated carbocycles. The molecule has 1 N–H and O–H groups in total. The zero-order chi connectivity index (χ0) is 14.7. The Morgan fingerprint density at radius 1 is 0.850 bits per heavy atom. The van der Waals surface area contributed by atoms with Gasteiger partial charge in [0, 0.05) is 5.69 Å². The summed E-state index contributed by atoms with van der Waals surface area (Å²) in [5.74, 6) is 0.219. The monoisotopic (exact) mass is 297 g/mol. The molecule has 3 nitrogen and oxygen atoms in total. The molecule has 0 saturated heterocycles. The van der Waals surface area contributed by atoms with Crippen molar-refractivity contribution in [1.82, 2.24) is 0 Å². The fourth-order valence-corrected chi connectivity index (χ4v) is 3.34. The van der Waals surface area contributed by atoms with Crippen molar-refractivity contribution >= 4 is 15.7 Å². The van der Waals surface area contributed by atoms with Crippen molar-refractivity contribution in [2.24, 2.45) is 0 Å². The Labute approximate surface area is 123 Å². The molecule has 0 radical (unpaired) electrons. The lowest BCUT2D eigenvalue weighted by Crippen LogP contribution is -2.16. The molecule has 1 aromatic carbocycles. The van der Waals surface area contributed by atoms with E-state index < -0.39 is 10.0 Å². The first-order valence-corrected chi connectivity index (χ1v) is 9.35. The normalized spacial score (nSPS) is 11.4. The number of hydrogen-bond acceptors (Lipinski definition) is 2. The summed E-state index contributed by atoms with van der Waals surface area (Å²) in [6.45, 7) is 2.21. The van der Waals surface area contributed by atoms with Crippen LogP contribution >= 0.6 is 0 Å². The maximum atomic E-state index is 11.9. The first-order valence-electron chi connectivity index (χ1n) is 7.69. The molecule has 0 aliphatic heterocycles. The molecular weight excluding hydrogens is 270 g/mol. The Morgan fingerprint density at radius 2 is 1.40 bits per heavy atom. The average Bonchev–Trinajstić information content (AvgIpc) is 2.42. The SMILES string of the molecule is CCCCCCCCCCS(=O)(=O)Nc1ccccc1. The minimum atomic E-state index is -3.19. The highest BCUT2D eigenvalue weighted by Crippen LogP contribution is 2.11. The van der Waals surface area contributed by atoms with Crippen molar-refractivity contribution in [3.63, 3.8) is 0 Å². The molecule has 0 unspecified atom stereocenters. The van der Waals surface area contributed by atoms with Crippen LogP contribution < -0.4 is 4.72 Å². The number of anilines is 1. The molecule has 114 valence electrons. The van der Waals surface area contributed by atoms with E-state index in [0.29, 0.717) is 5.69 Å². The van der Waals surface area contributed by atoms with E-state index in [-0.39, 0.29) is 5.75 Å². The van der Waals surface area contributed by atoms with Crippen molar-refractivity contribution in [3.05, 3.63) is 30.3 Å². The van der Waals surface area contributed by atoms with Crippen LogP contribution in [0.25, 0.3) is 0 Å². The van der Waals surface area contributed by atoms with Crippen molar-refractivity contribution in [3.8, 4) is 0 Å². The lowest BCUT2D eigenvalue weighted by molar-refractivity contribution is 0.575. The van der Waals surface area contributed by atoms with Gasteiger partial charge in [-0.05, 0) is 18.6 Å². The molecule has 4 heteroatoms. The molecule has 1 rings (SSSR count). The Balaban J connectivity index is 2.11. The van der Waals surface area contributed by atoms with Crippen LogP contribution in [0.3, 0.4) is 0 Å². The molecule has 0 atom stereocenters. The number of benzene rings is 1. The maximum absolute atomic E-state index is 11.9. The molecule has 0 heterocycles.